The van der Waals surface area contributed by atoms with E-state index in [9.17, 15) is 0 Å². The summed E-state index contributed by atoms with van der Waals surface area (Å²) >= 11 is 0. The van der Waals surface area contributed by atoms with Crippen LogP contribution < -0.4 is 0 Å². The van der Waals surface area contributed by atoms with Crippen LogP contribution in [0.5, 0.6) is 0 Å². The van der Waals surface area contributed by atoms with E-state index in [1.807, 2.05) is 0 Å². The molecule has 116 valence electrons. The average molecular weight is 277 g/mol. The fourth-order valence-electron chi connectivity index (χ4n) is 4.90. The summed E-state index contributed by atoms with van der Waals surface area (Å²) in [6, 6.07) is 1.30. The predicted octanol–water partition coefficient (Wildman–Crippen LogP) is 5.62. The molecule has 1 aliphatic heterocycles. The van der Waals surface area contributed by atoms with E-state index in [2.05, 4.69) is 53.4 Å². The SMILES string of the molecule is CC(C)C1N(C(C)C)C2=C(CCCCC2)C(C)C1(C)C. The van der Waals surface area contributed by atoms with Gasteiger partial charge in [0.25, 0.3) is 0 Å². The lowest BCUT2D eigenvalue weighted by atomic mass is 9.63. The Morgan fingerprint density at radius 2 is 1.60 bits per heavy atom. The van der Waals surface area contributed by atoms with Crippen molar-refractivity contribution < 1.29 is 0 Å². The van der Waals surface area contributed by atoms with Crippen LogP contribution in [0.1, 0.15) is 80.6 Å². The van der Waals surface area contributed by atoms with Crippen molar-refractivity contribution in [3.8, 4) is 0 Å². The molecular weight excluding hydrogens is 242 g/mol. The van der Waals surface area contributed by atoms with Crippen molar-refractivity contribution in [3.63, 3.8) is 0 Å². The first-order valence-electron chi connectivity index (χ1n) is 8.78. The maximum Gasteiger partial charge on any atom is 0.0369 e. The Labute approximate surface area is 126 Å². The van der Waals surface area contributed by atoms with E-state index in [-0.39, 0.29) is 0 Å². The number of hydrogen-bond acceptors (Lipinski definition) is 1. The van der Waals surface area contributed by atoms with Gasteiger partial charge in [0.2, 0.25) is 0 Å². The zero-order valence-corrected chi connectivity index (χ0v) is 14.8. The van der Waals surface area contributed by atoms with E-state index in [1.165, 1.54) is 32.1 Å². The fourth-order valence-corrected chi connectivity index (χ4v) is 4.90. The van der Waals surface area contributed by atoms with E-state index in [4.69, 9.17) is 0 Å². The number of rotatable bonds is 2. The van der Waals surface area contributed by atoms with Crippen molar-refractivity contribution >= 4 is 0 Å². The van der Waals surface area contributed by atoms with Crippen LogP contribution in [-0.2, 0) is 0 Å². The van der Waals surface area contributed by atoms with E-state index in [0.717, 1.165) is 5.92 Å². The van der Waals surface area contributed by atoms with Crippen LogP contribution in [0.2, 0.25) is 0 Å². The number of hydrogen-bond donors (Lipinski definition) is 0. The van der Waals surface area contributed by atoms with E-state index >= 15 is 0 Å². The average Bonchev–Trinajstić information content (AvgIpc) is 2.57. The molecule has 0 aromatic heterocycles. The number of allylic oxidation sites excluding steroid dienone is 2. The van der Waals surface area contributed by atoms with Crippen LogP contribution in [0.3, 0.4) is 0 Å². The monoisotopic (exact) mass is 277 g/mol. The minimum absolute atomic E-state index is 0.377. The molecule has 0 radical (unpaired) electrons. The van der Waals surface area contributed by atoms with Crippen LogP contribution in [0.15, 0.2) is 11.3 Å². The summed E-state index contributed by atoms with van der Waals surface area (Å²) in [5, 5.41) is 0. The summed E-state index contributed by atoms with van der Waals surface area (Å²) in [6.45, 7) is 17.1. The number of nitrogens with zero attached hydrogens (tertiary/aromatic N) is 1. The molecule has 1 nitrogen and oxygen atoms in total. The zero-order valence-electron chi connectivity index (χ0n) is 14.8. The highest BCUT2D eigenvalue weighted by molar-refractivity contribution is 5.26. The summed E-state index contributed by atoms with van der Waals surface area (Å²) in [4.78, 5) is 2.81. The van der Waals surface area contributed by atoms with E-state index in [0.29, 0.717) is 23.4 Å². The molecule has 0 saturated heterocycles. The lowest BCUT2D eigenvalue weighted by molar-refractivity contribution is 0.00636. The van der Waals surface area contributed by atoms with Crippen molar-refractivity contribution in [3.05, 3.63) is 11.3 Å². The van der Waals surface area contributed by atoms with E-state index < -0.39 is 0 Å². The lowest BCUT2D eigenvalue weighted by Crippen LogP contribution is -2.56. The van der Waals surface area contributed by atoms with Gasteiger partial charge in [-0.2, -0.15) is 0 Å². The fraction of sp³-hybridized carbons (Fsp3) is 0.895. The molecule has 0 fully saturated rings. The summed E-state index contributed by atoms with van der Waals surface area (Å²) in [7, 11) is 0. The topological polar surface area (TPSA) is 3.24 Å². The highest BCUT2D eigenvalue weighted by Crippen LogP contribution is 2.51. The quantitative estimate of drug-likeness (QED) is 0.633. The summed E-state index contributed by atoms with van der Waals surface area (Å²) < 4.78 is 0. The van der Waals surface area contributed by atoms with Crippen molar-refractivity contribution in [2.24, 2.45) is 17.3 Å². The second-order valence-corrected chi connectivity index (χ2v) is 8.27. The van der Waals surface area contributed by atoms with Gasteiger partial charge in [-0.15, -0.1) is 0 Å². The Kier molecular flexibility index (Phi) is 4.56. The highest BCUT2D eigenvalue weighted by atomic mass is 15.2. The smallest absolute Gasteiger partial charge is 0.0369 e. The molecule has 0 aromatic rings. The summed E-state index contributed by atoms with van der Waals surface area (Å²) in [5.74, 6) is 1.45. The van der Waals surface area contributed by atoms with Gasteiger partial charge in [0.1, 0.15) is 0 Å². The normalized spacial score (nSPS) is 30.8. The molecule has 1 heterocycles. The van der Waals surface area contributed by atoms with Crippen molar-refractivity contribution in [1.29, 1.82) is 0 Å². The first kappa shape index (κ1) is 15.9. The Morgan fingerprint density at radius 3 is 2.15 bits per heavy atom. The molecular formula is C19H35N. The maximum absolute atomic E-state index is 2.81. The zero-order chi connectivity index (χ0) is 15.1. The van der Waals surface area contributed by atoms with Crippen molar-refractivity contribution in [1.82, 2.24) is 4.90 Å². The molecule has 0 N–H and O–H groups in total. The molecule has 2 rings (SSSR count). The second-order valence-electron chi connectivity index (χ2n) is 8.27. The molecule has 0 bridgehead atoms. The van der Waals surface area contributed by atoms with Crippen LogP contribution in [0, 0.1) is 17.3 Å². The second kappa shape index (κ2) is 5.73. The summed E-state index contributed by atoms with van der Waals surface area (Å²) in [5.41, 5.74) is 3.89. The highest BCUT2D eigenvalue weighted by Gasteiger charge is 2.47. The molecule has 0 amide bonds. The molecule has 2 unspecified atom stereocenters. The Bertz CT molecular complexity index is 375. The third-order valence-corrected chi connectivity index (χ3v) is 5.93. The van der Waals surface area contributed by atoms with Crippen LogP contribution >= 0.6 is 0 Å². The van der Waals surface area contributed by atoms with Gasteiger partial charge >= 0.3 is 0 Å². The van der Waals surface area contributed by atoms with Crippen molar-refractivity contribution in [2.75, 3.05) is 0 Å². The molecule has 2 aliphatic rings. The van der Waals surface area contributed by atoms with Gasteiger partial charge < -0.3 is 4.90 Å². The molecule has 0 saturated carbocycles. The first-order chi connectivity index (χ1) is 9.28. The van der Waals surface area contributed by atoms with Gasteiger partial charge in [-0.25, -0.2) is 0 Å². The van der Waals surface area contributed by atoms with Gasteiger partial charge in [0, 0.05) is 17.8 Å². The maximum atomic E-state index is 2.81. The molecule has 1 heteroatoms. The Balaban J connectivity index is 2.54. The van der Waals surface area contributed by atoms with Gasteiger partial charge in [-0.05, 0) is 62.4 Å². The van der Waals surface area contributed by atoms with Gasteiger partial charge in [0.15, 0.2) is 0 Å². The van der Waals surface area contributed by atoms with Crippen LogP contribution in [0.25, 0.3) is 0 Å². The third kappa shape index (κ3) is 2.53. The predicted molar refractivity (Wildman–Crippen MR) is 88.7 cm³/mol. The van der Waals surface area contributed by atoms with Crippen molar-refractivity contribution in [2.45, 2.75) is 92.7 Å². The van der Waals surface area contributed by atoms with Crippen LogP contribution in [-0.4, -0.2) is 17.0 Å². The standard InChI is InChI=1S/C19H35N/c1-13(2)18-19(6,7)15(5)16-11-9-8-10-12-17(16)20(18)14(3)4/h13-15,18H,8-12H2,1-7H3. The largest absolute Gasteiger partial charge is 0.369 e. The van der Waals surface area contributed by atoms with Gasteiger partial charge in [0.05, 0.1) is 0 Å². The van der Waals surface area contributed by atoms with E-state index in [1.54, 1.807) is 11.3 Å². The minimum Gasteiger partial charge on any atom is -0.369 e. The lowest BCUT2D eigenvalue weighted by Gasteiger charge is -2.56. The Morgan fingerprint density at radius 1 is 1.00 bits per heavy atom. The minimum atomic E-state index is 0.377. The third-order valence-electron chi connectivity index (χ3n) is 5.93. The summed E-state index contributed by atoms with van der Waals surface area (Å²) in [6.07, 6.45) is 6.86. The van der Waals surface area contributed by atoms with Crippen LogP contribution in [0.4, 0.5) is 0 Å². The Hall–Kier alpha value is -0.460. The molecule has 0 spiro atoms. The first-order valence-corrected chi connectivity index (χ1v) is 8.78. The molecule has 1 aliphatic carbocycles. The molecule has 2 atom stereocenters. The molecule has 0 aromatic carbocycles. The van der Waals surface area contributed by atoms with Gasteiger partial charge in [-0.3, -0.25) is 0 Å². The van der Waals surface area contributed by atoms with Gasteiger partial charge in [-0.1, -0.05) is 41.0 Å². The molecule has 20 heavy (non-hydrogen) atoms.